The molecule has 2 aromatic carbocycles. The monoisotopic (exact) mass is 325 g/mol. The van der Waals surface area contributed by atoms with Crippen LogP contribution >= 0.6 is 0 Å². The van der Waals surface area contributed by atoms with Gasteiger partial charge < -0.3 is 14.3 Å². The normalized spacial score (nSPS) is 16.1. The third kappa shape index (κ3) is 2.62. The molecule has 6 heteroatoms. The summed E-state index contributed by atoms with van der Waals surface area (Å²) in [5, 5.41) is 11.7. The van der Waals surface area contributed by atoms with E-state index in [9.17, 15) is 14.9 Å². The fourth-order valence-corrected chi connectivity index (χ4v) is 2.90. The Hall–Kier alpha value is -3.15. The lowest BCUT2D eigenvalue weighted by atomic mass is 9.92. The molecule has 6 nitrogen and oxygen atoms in total. The van der Waals surface area contributed by atoms with E-state index < -0.39 is 11.0 Å². The summed E-state index contributed by atoms with van der Waals surface area (Å²) in [6, 6.07) is 14.0. The van der Waals surface area contributed by atoms with E-state index >= 15 is 0 Å². The third-order valence-electron chi connectivity index (χ3n) is 3.92. The molecule has 0 aliphatic carbocycles. The summed E-state index contributed by atoms with van der Waals surface area (Å²) in [5.41, 5.74) is 1.35. The lowest BCUT2D eigenvalue weighted by Gasteiger charge is -2.26. The van der Waals surface area contributed by atoms with Crippen molar-refractivity contribution in [2.75, 3.05) is 7.11 Å². The number of aldehydes is 1. The first kappa shape index (κ1) is 15.7. The maximum Gasteiger partial charge on any atom is 0.295 e. The topological polar surface area (TPSA) is 78.7 Å². The molecule has 0 unspecified atom stereocenters. The van der Waals surface area contributed by atoms with Crippen LogP contribution in [0.5, 0.6) is 11.5 Å². The average Bonchev–Trinajstić information content (AvgIpc) is 2.61. The average molecular weight is 325 g/mol. The van der Waals surface area contributed by atoms with Gasteiger partial charge in [0.05, 0.1) is 12.0 Å². The maximum absolute atomic E-state index is 11.7. The van der Waals surface area contributed by atoms with Crippen LogP contribution in [-0.2, 0) is 4.79 Å². The van der Waals surface area contributed by atoms with E-state index in [1.54, 1.807) is 48.5 Å². The molecule has 0 saturated carbocycles. The fraction of sp³-hybridized carbons (Fsp3) is 0.167. The molecule has 2 aromatic rings. The van der Waals surface area contributed by atoms with Gasteiger partial charge in [-0.2, -0.15) is 0 Å². The van der Waals surface area contributed by atoms with Gasteiger partial charge in [-0.1, -0.05) is 36.4 Å². The number of hydrogen-bond donors (Lipinski definition) is 0. The molecule has 3 rings (SSSR count). The summed E-state index contributed by atoms with van der Waals surface area (Å²) < 4.78 is 11.2. The lowest BCUT2D eigenvalue weighted by Crippen LogP contribution is -2.23. The van der Waals surface area contributed by atoms with Crippen molar-refractivity contribution in [3.8, 4) is 11.5 Å². The van der Waals surface area contributed by atoms with Crippen molar-refractivity contribution in [1.82, 2.24) is 0 Å². The summed E-state index contributed by atoms with van der Waals surface area (Å²) in [6.45, 7) is 0. The van der Waals surface area contributed by atoms with Gasteiger partial charge in [0.15, 0.2) is 0 Å². The Morgan fingerprint density at radius 3 is 2.62 bits per heavy atom. The predicted molar refractivity (Wildman–Crippen MR) is 87.4 cm³/mol. The number of rotatable bonds is 5. The Balaban J connectivity index is 2.25. The van der Waals surface area contributed by atoms with E-state index in [2.05, 4.69) is 0 Å². The number of methoxy groups -OCH3 is 1. The number of ether oxygens (including phenoxy) is 2. The van der Waals surface area contributed by atoms with Crippen LogP contribution in [0.3, 0.4) is 0 Å². The molecule has 0 fully saturated rings. The Bertz CT molecular complexity index is 828. The lowest BCUT2D eigenvalue weighted by molar-refractivity contribution is -0.435. The van der Waals surface area contributed by atoms with Crippen LogP contribution in [0.4, 0.5) is 0 Å². The van der Waals surface area contributed by atoms with E-state index in [0.717, 1.165) is 0 Å². The zero-order valence-electron chi connectivity index (χ0n) is 13.0. The minimum atomic E-state index is -0.944. The largest absolute Gasteiger partial charge is 0.496 e. The molecule has 0 bridgehead atoms. The second-order valence-corrected chi connectivity index (χ2v) is 5.23. The zero-order chi connectivity index (χ0) is 17.1. The summed E-state index contributed by atoms with van der Waals surface area (Å²) in [5.74, 6) is 1.00. The summed E-state index contributed by atoms with van der Waals surface area (Å²) in [6.07, 6.45) is -0.330. The molecule has 1 atom stereocenters. The van der Waals surface area contributed by atoms with Crippen molar-refractivity contribution in [3.05, 3.63) is 75.5 Å². The molecule has 1 heterocycles. The van der Waals surface area contributed by atoms with Crippen LogP contribution in [0.2, 0.25) is 0 Å². The highest BCUT2D eigenvalue weighted by molar-refractivity contribution is 5.82. The highest BCUT2D eigenvalue weighted by Gasteiger charge is 2.39. The van der Waals surface area contributed by atoms with Gasteiger partial charge in [-0.3, -0.25) is 10.1 Å². The molecule has 24 heavy (non-hydrogen) atoms. The SMILES string of the molecule is COc1ccccc1[C@@H]1Oc2ccccc2C(CC=O)=C1[N+](=O)[O-]. The number of hydrogen-bond acceptors (Lipinski definition) is 5. The van der Waals surface area contributed by atoms with Gasteiger partial charge in [0.2, 0.25) is 6.10 Å². The van der Waals surface area contributed by atoms with Gasteiger partial charge in [0.1, 0.15) is 17.8 Å². The second kappa shape index (κ2) is 6.54. The highest BCUT2D eigenvalue weighted by Crippen LogP contribution is 2.45. The van der Waals surface area contributed by atoms with Gasteiger partial charge in [-0.05, 0) is 12.1 Å². The van der Waals surface area contributed by atoms with Gasteiger partial charge in [-0.25, -0.2) is 0 Å². The Kier molecular flexibility index (Phi) is 4.29. The Labute approximate surface area is 138 Å². The minimum Gasteiger partial charge on any atom is -0.496 e. The Morgan fingerprint density at radius 2 is 1.92 bits per heavy atom. The minimum absolute atomic E-state index is 0.0532. The third-order valence-corrected chi connectivity index (χ3v) is 3.92. The van der Waals surface area contributed by atoms with E-state index in [-0.39, 0.29) is 12.1 Å². The van der Waals surface area contributed by atoms with Crippen LogP contribution in [-0.4, -0.2) is 18.3 Å². The molecule has 0 N–H and O–H groups in total. The molecule has 0 amide bonds. The van der Waals surface area contributed by atoms with Crippen molar-refractivity contribution in [1.29, 1.82) is 0 Å². The first-order valence-electron chi connectivity index (χ1n) is 7.37. The number of benzene rings is 2. The number of carbonyl (C=O) groups is 1. The van der Waals surface area contributed by atoms with E-state index in [1.807, 2.05) is 0 Å². The van der Waals surface area contributed by atoms with Gasteiger partial charge in [0.25, 0.3) is 5.70 Å². The van der Waals surface area contributed by atoms with Crippen LogP contribution in [0.25, 0.3) is 5.57 Å². The molecular formula is C18H15NO5. The molecule has 1 aliphatic heterocycles. The van der Waals surface area contributed by atoms with Crippen LogP contribution in [0, 0.1) is 10.1 Å². The molecule has 0 spiro atoms. The van der Waals surface area contributed by atoms with Crippen molar-refractivity contribution in [3.63, 3.8) is 0 Å². The number of nitro groups is 1. The molecule has 0 saturated heterocycles. The van der Waals surface area contributed by atoms with E-state index in [1.165, 1.54) is 7.11 Å². The molecule has 0 aromatic heterocycles. The Morgan fingerprint density at radius 1 is 1.21 bits per heavy atom. The maximum atomic E-state index is 11.7. The standard InChI is InChI=1S/C18H15NO5/c1-23-15-8-4-3-7-14(15)18-17(19(21)22)13(10-11-20)12-6-2-5-9-16(12)24-18/h2-9,11,18H,10H2,1H3/t18-/m0/s1. The number of para-hydroxylation sites is 2. The van der Waals surface area contributed by atoms with Crippen LogP contribution in [0.1, 0.15) is 23.7 Å². The van der Waals surface area contributed by atoms with E-state index in [4.69, 9.17) is 9.47 Å². The summed E-state index contributed by atoms with van der Waals surface area (Å²) in [4.78, 5) is 22.4. The van der Waals surface area contributed by atoms with Crippen molar-refractivity contribution in [2.24, 2.45) is 0 Å². The van der Waals surface area contributed by atoms with Crippen LogP contribution in [0.15, 0.2) is 54.2 Å². The highest BCUT2D eigenvalue weighted by atomic mass is 16.6. The van der Waals surface area contributed by atoms with Gasteiger partial charge >= 0.3 is 0 Å². The first-order valence-corrected chi connectivity index (χ1v) is 7.37. The zero-order valence-corrected chi connectivity index (χ0v) is 13.0. The number of nitrogens with zero attached hydrogens (tertiary/aromatic N) is 1. The first-order chi connectivity index (χ1) is 11.7. The van der Waals surface area contributed by atoms with Gasteiger partial charge in [0, 0.05) is 23.1 Å². The van der Waals surface area contributed by atoms with Crippen LogP contribution < -0.4 is 9.47 Å². The van der Waals surface area contributed by atoms with E-state index in [0.29, 0.717) is 34.5 Å². The molecule has 122 valence electrons. The van der Waals surface area contributed by atoms with Crippen molar-refractivity contribution >= 4 is 11.9 Å². The fourth-order valence-electron chi connectivity index (χ4n) is 2.90. The van der Waals surface area contributed by atoms with Crippen molar-refractivity contribution in [2.45, 2.75) is 12.5 Å². The number of allylic oxidation sites excluding steroid dienone is 1. The quantitative estimate of drug-likeness (QED) is 0.478. The molecule has 0 radical (unpaired) electrons. The molecule has 1 aliphatic rings. The predicted octanol–water partition coefficient (Wildman–Crippen LogP) is 3.41. The smallest absolute Gasteiger partial charge is 0.295 e. The van der Waals surface area contributed by atoms with Gasteiger partial charge in [-0.15, -0.1) is 0 Å². The summed E-state index contributed by atoms with van der Waals surface area (Å²) in [7, 11) is 1.50. The molecular weight excluding hydrogens is 310 g/mol. The van der Waals surface area contributed by atoms with Crippen molar-refractivity contribution < 1.29 is 19.2 Å². The number of carbonyl (C=O) groups excluding carboxylic acids is 1. The summed E-state index contributed by atoms with van der Waals surface area (Å²) >= 11 is 0. The second-order valence-electron chi connectivity index (χ2n) is 5.23. The number of fused-ring (bicyclic) bond motifs is 1.